The molecule has 2 heterocycles. The summed E-state index contributed by atoms with van der Waals surface area (Å²) in [6.45, 7) is 4.49. The molecule has 1 amide bonds. The molecule has 6 heteroatoms. The highest BCUT2D eigenvalue weighted by atomic mass is 35.5. The van der Waals surface area contributed by atoms with Gasteiger partial charge in [-0.25, -0.2) is 0 Å². The van der Waals surface area contributed by atoms with E-state index in [1.165, 1.54) is 0 Å². The van der Waals surface area contributed by atoms with Gasteiger partial charge in [-0.3, -0.25) is 9.69 Å². The number of ether oxygens (including phenoxy) is 1. The zero-order chi connectivity index (χ0) is 17.6. The van der Waals surface area contributed by atoms with E-state index in [0.29, 0.717) is 32.3 Å². The average Bonchev–Trinajstić information content (AvgIpc) is 2.64. The number of nitrogens with zero attached hydrogens (tertiary/aromatic N) is 2. The number of carbonyl (C=O) groups excluding carboxylic acids is 1. The zero-order valence-electron chi connectivity index (χ0n) is 14.9. The molecule has 1 atom stereocenters. The number of likely N-dealkylation sites (N-methyl/N-ethyl adjacent to an activating group) is 1. The van der Waals surface area contributed by atoms with E-state index in [2.05, 4.69) is 17.3 Å². The van der Waals surface area contributed by atoms with Gasteiger partial charge in [0.2, 0.25) is 5.91 Å². The van der Waals surface area contributed by atoms with Gasteiger partial charge in [-0.05, 0) is 44.6 Å². The van der Waals surface area contributed by atoms with Gasteiger partial charge in [0, 0.05) is 30.6 Å². The van der Waals surface area contributed by atoms with Gasteiger partial charge in [-0.15, -0.1) is 0 Å². The number of carbonyl (C=O) groups is 1. The van der Waals surface area contributed by atoms with Crippen molar-refractivity contribution in [1.82, 2.24) is 15.1 Å². The fraction of sp³-hybridized carbons (Fsp3) is 0.632. The summed E-state index contributed by atoms with van der Waals surface area (Å²) >= 11 is 6.25. The molecule has 2 aliphatic heterocycles. The molecule has 0 spiro atoms. The molecule has 0 unspecified atom stereocenters. The van der Waals surface area contributed by atoms with Crippen LogP contribution in [0.25, 0.3) is 0 Å². The van der Waals surface area contributed by atoms with Gasteiger partial charge in [0.05, 0.1) is 19.3 Å². The molecule has 0 aromatic heterocycles. The fourth-order valence-electron chi connectivity index (χ4n) is 3.67. The van der Waals surface area contributed by atoms with E-state index in [1.54, 1.807) is 0 Å². The Bertz CT molecular complexity index is 578. The molecule has 1 aromatic rings. The van der Waals surface area contributed by atoms with E-state index in [9.17, 15) is 4.79 Å². The van der Waals surface area contributed by atoms with E-state index in [0.717, 1.165) is 42.9 Å². The maximum Gasteiger partial charge on any atom is 0.236 e. The van der Waals surface area contributed by atoms with E-state index in [4.69, 9.17) is 16.3 Å². The van der Waals surface area contributed by atoms with Gasteiger partial charge in [0.25, 0.3) is 0 Å². The van der Waals surface area contributed by atoms with Crippen LogP contribution in [-0.4, -0.2) is 74.2 Å². The van der Waals surface area contributed by atoms with Crippen molar-refractivity contribution in [3.8, 4) is 0 Å². The zero-order valence-corrected chi connectivity index (χ0v) is 15.7. The molecule has 0 saturated carbocycles. The van der Waals surface area contributed by atoms with Crippen LogP contribution < -0.4 is 5.32 Å². The number of rotatable bonds is 5. The third-order valence-corrected chi connectivity index (χ3v) is 5.58. The minimum atomic E-state index is 0.0155. The molecular formula is C19H28ClN3O2. The first kappa shape index (κ1) is 18.6. The SMILES string of the molecule is CN(CC(=O)N1CCO[C@H](Cc2ccccc2Cl)C1)C1CCNCC1. The van der Waals surface area contributed by atoms with Crippen molar-refractivity contribution in [1.29, 1.82) is 0 Å². The molecule has 2 aliphatic rings. The average molecular weight is 366 g/mol. The quantitative estimate of drug-likeness (QED) is 0.864. The van der Waals surface area contributed by atoms with Gasteiger partial charge in [-0.2, -0.15) is 0 Å². The van der Waals surface area contributed by atoms with Crippen LogP contribution in [0.2, 0.25) is 5.02 Å². The van der Waals surface area contributed by atoms with Crippen LogP contribution in [0.1, 0.15) is 18.4 Å². The van der Waals surface area contributed by atoms with Crippen molar-refractivity contribution < 1.29 is 9.53 Å². The Kier molecular flexibility index (Phi) is 6.70. The van der Waals surface area contributed by atoms with Crippen molar-refractivity contribution >= 4 is 17.5 Å². The summed E-state index contributed by atoms with van der Waals surface area (Å²) in [7, 11) is 2.07. The van der Waals surface area contributed by atoms with Gasteiger partial charge >= 0.3 is 0 Å². The summed E-state index contributed by atoms with van der Waals surface area (Å²) in [5, 5.41) is 4.13. The summed E-state index contributed by atoms with van der Waals surface area (Å²) < 4.78 is 5.86. The number of hydrogen-bond donors (Lipinski definition) is 1. The summed E-state index contributed by atoms with van der Waals surface area (Å²) in [5.74, 6) is 0.202. The fourth-order valence-corrected chi connectivity index (χ4v) is 3.88. The lowest BCUT2D eigenvalue weighted by Crippen LogP contribution is -2.51. The molecule has 138 valence electrons. The van der Waals surface area contributed by atoms with Crippen molar-refractivity contribution in [2.75, 3.05) is 46.4 Å². The lowest BCUT2D eigenvalue weighted by atomic mass is 10.1. The molecule has 25 heavy (non-hydrogen) atoms. The van der Waals surface area contributed by atoms with Gasteiger partial charge in [0.1, 0.15) is 0 Å². The Balaban J connectivity index is 1.51. The monoisotopic (exact) mass is 365 g/mol. The number of amides is 1. The molecule has 3 rings (SSSR count). The molecule has 0 aliphatic carbocycles. The van der Waals surface area contributed by atoms with Gasteiger partial charge in [-0.1, -0.05) is 29.8 Å². The number of hydrogen-bond acceptors (Lipinski definition) is 4. The predicted molar refractivity (Wildman–Crippen MR) is 100.0 cm³/mol. The van der Waals surface area contributed by atoms with Crippen LogP contribution in [0.4, 0.5) is 0 Å². The van der Waals surface area contributed by atoms with Crippen LogP contribution in [-0.2, 0) is 16.0 Å². The van der Waals surface area contributed by atoms with E-state index in [-0.39, 0.29) is 12.0 Å². The second-order valence-electron chi connectivity index (χ2n) is 7.02. The normalized spacial score (nSPS) is 22.4. The van der Waals surface area contributed by atoms with Crippen LogP contribution in [0.3, 0.4) is 0 Å². The second-order valence-corrected chi connectivity index (χ2v) is 7.43. The van der Waals surface area contributed by atoms with Gasteiger partial charge < -0.3 is 15.0 Å². The summed E-state index contributed by atoms with van der Waals surface area (Å²) in [5.41, 5.74) is 1.08. The minimum Gasteiger partial charge on any atom is -0.374 e. The standard InChI is InChI=1S/C19H28ClN3O2/c1-22(16-6-8-21-9-7-16)14-19(24)23-10-11-25-17(13-23)12-15-4-2-3-5-18(15)20/h2-5,16-17,21H,6-14H2,1H3/t17-/m1/s1. The third-order valence-electron chi connectivity index (χ3n) is 5.21. The number of morpholine rings is 1. The Morgan fingerprint density at radius 3 is 2.88 bits per heavy atom. The second kappa shape index (κ2) is 8.99. The van der Waals surface area contributed by atoms with Crippen LogP contribution >= 0.6 is 11.6 Å². The molecule has 0 radical (unpaired) electrons. The lowest BCUT2D eigenvalue weighted by molar-refractivity contribution is -0.140. The third kappa shape index (κ3) is 5.17. The smallest absolute Gasteiger partial charge is 0.236 e. The Morgan fingerprint density at radius 1 is 1.36 bits per heavy atom. The lowest BCUT2D eigenvalue weighted by Gasteiger charge is -2.36. The summed E-state index contributed by atoms with van der Waals surface area (Å²) in [4.78, 5) is 16.9. The highest BCUT2D eigenvalue weighted by Gasteiger charge is 2.27. The first-order valence-corrected chi connectivity index (χ1v) is 9.55. The summed E-state index contributed by atoms with van der Waals surface area (Å²) in [6.07, 6.45) is 2.99. The minimum absolute atomic E-state index is 0.0155. The van der Waals surface area contributed by atoms with Crippen molar-refractivity contribution in [2.45, 2.75) is 31.4 Å². The Morgan fingerprint density at radius 2 is 2.12 bits per heavy atom. The molecule has 5 nitrogen and oxygen atoms in total. The number of nitrogens with one attached hydrogen (secondary N) is 1. The van der Waals surface area contributed by atoms with Crippen LogP contribution in [0.5, 0.6) is 0 Å². The first-order valence-electron chi connectivity index (χ1n) is 9.17. The number of halogens is 1. The maximum absolute atomic E-state index is 12.7. The largest absolute Gasteiger partial charge is 0.374 e. The molecule has 2 fully saturated rings. The van der Waals surface area contributed by atoms with Crippen molar-refractivity contribution in [2.24, 2.45) is 0 Å². The first-order chi connectivity index (χ1) is 12.1. The summed E-state index contributed by atoms with van der Waals surface area (Å²) in [6, 6.07) is 8.35. The topological polar surface area (TPSA) is 44.8 Å². The van der Waals surface area contributed by atoms with Crippen molar-refractivity contribution in [3.63, 3.8) is 0 Å². The Hall–Kier alpha value is -1.14. The molecule has 1 N–H and O–H groups in total. The molecule has 2 saturated heterocycles. The number of piperidine rings is 1. The molecule has 1 aromatic carbocycles. The van der Waals surface area contributed by atoms with Crippen LogP contribution in [0.15, 0.2) is 24.3 Å². The van der Waals surface area contributed by atoms with E-state index in [1.807, 2.05) is 29.2 Å². The van der Waals surface area contributed by atoms with Crippen LogP contribution in [0, 0.1) is 0 Å². The van der Waals surface area contributed by atoms with Gasteiger partial charge in [0.15, 0.2) is 0 Å². The molecule has 0 bridgehead atoms. The van der Waals surface area contributed by atoms with E-state index >= 15 is 0 Å². The van der Waals surface area contributed by atoms with Crippen molar-refractivity contribution in [3.05, 3.63) is 34.9 Å². The number of benzene rings is 1. The molecular weight excluding hydrogens is 338 g/mol. The maximum atomic E-state index is 12.7. The highest BCUT2D eigenvalue weighted by molar-refractivity contribution is 6.31. The van der Waals surface area contributed by atoms with E-state index < -0.39 is 0 Å². The highest BCUT2D eigenvalue weighted by Crippen LogP contribution is 2.20. The predicted octanol–water partition coefficient (Wildman–Crippen LogP) is 1.79. The Labute approximate surface area is 155 Å².